The summed E-state index contributed by atoms with van der Waals surface area (Å²) < 4.78 is 6.06. The Balaban J connectivity index is 2.36. The maximum atomic E-state index is 6.06. The molecule has 0 bridgehead atoms. The Hall–Kier alpha value is -0.0800. The molecule has 1 rings (SSSR count). The maximum Gasteiger partial charge on any atom is 0.0604 e. The number of rotatable bonds is 6. The Morgan fingerprint density at radius 3 is 2.00 bits per heavy atom. The standard InChI is InChI=1S/C16H33NO/c1-12(2)7-8-18-16-9-14(5)17(11-13(3)4)15(6)10-16/h12-16H,7-11H2,1-6H3/t14-,15+,16?. The second-order valence-electron chi connectivity index (χ2n) is 6.94. The molecule has 0 radical (unpaired) electrons. The molecule has 1 fully saturated rings. The van der Waals surface area contributed by atoms with E-state index in [4.69, 9.17) is 4.74 Å². The van der Waals surface area contributed by atoms with E-state index in [2.05, 4.69) is 46.4 Å². The molecular weight excluding hydrogens is 222 g/mol. The van der Waals surface area contributed by atoms with Crippen LogP contribution in [-0.2, 0) is 4.74 Å². The highest BCUT2D eigenvalue weighted by Gasteiger charge is 2.31. The van der Waals surface area contributed by atoms with Crippen molar-refractivity contribution in [2.75, 3.05) is 13.2 Å². The van der Waals surface area contributed by atoms with Gasteiger partial charge in [0.1, 0.15) is 0 Å². The topological polar surface area (TPSA) is 12.5 Å². The van der Waals surface area contributed by atoms with Crippen LogP contribution in [0.2, 0.25) is 0 Å². The predicted molar refractivity (Wildman–Crippen MR) is 78.9 cm³/mol. The van der Waals surface area contributed by atoms with Crippen LogP contribution in [0.1, 0.15) is 60.8 Å². The second-order valence-corrected chi connectivity index (χ2v) is 6.94. The lowest BCUT2D eigenvalue weighted by atomic mass is 9.93. The molecule has 0 aromatic carbocycles. The Labute approximate surface area is 114 Å². The van der Waals surface area contributed by atoms with Crippen LogP contribution in [0.25, 0.3) is 0 Å². The SMILES string of the molecule is CC(C)CCOC1C[C@@H](C)N(CC(C)C)[C@@H](C)C1. The van der Waals surface area contributed by atoms with Crippen LogP contribution in [-0.4, -0.2) is 36.2 Å². The first-order valence-electron chi connectivity index (χ1n) is 7.77. The predicted octanol–water partition coefficient (Wildman–Crippen LogP) is 3.95. The van der Waals surface area contributed by atoms with E-state index in [1.165, 1.54) is 25.8 Å². The van der Waals surface area contributed by atoms with Gasteiger partial charge in [-0.15, -0.1) is 0 Å². The fraction of sp³-hybridized carbons (Fsp3) is 1.00. The first-order valence-corrected chi connectivity index (χ1v) is 7.77. The minimum atomic E-state index is 0.483. The third kappa shape index (κ3) is 5.27. The summed E-state index contributed by atoms with van der Waals surface area (Å²) in [5.41, 5.74) is 0. The van der Waals surface area contributed by atoms with Gasteiger partial charge in [-0.05, 0) is 44.9 Å². The van der Waals surface area contributed by atoms with Gasteiger partial charge in [0.25, 0.3) is 0 Å². The molecule has 0 aliphatic carbocycles. The quantitative estimate of drug-likeness (QED) is 0.712. The normalized spacial score (nSPS) is 30.3. The number of hydrogen-bond donors (Lipinski definition) is 0. The third-order valence-electron chi connectivity index (χ3n) is 3.97. The molecule has 2 heteroatoms. The molecule has 0 N–H and O–H groups in total. The van der Waals surface area contributed by atoms with Gasteiger partial charge in [0, 0.05) is 25.2 Å². The highest BCUT2D eigenvalue weighted by Crippen LogP contribution is 2.26. The molecule has 0 aromatic heterocycles. The monoisotopic (exact) mass is 255 g/mol. The van der Waals surface area contributed by atoms with Crippen LogP contribution in [0.4, 0.5) is 0 Å². The van der Waals surface area contributed by atoms with Crippen molar-refractivity contribution in [3.8, 4) is 0 Å². The summed E-state index contributed by atoms with van der Waals surface area (Å²) in [5, 5.41) is 0. The van der Waals surface area contributed by atoms with Crippen molar-refractivity contribution in [2.45, 2.75) is 79.0 Å². The van der Waals surface area contributed by atoms with Gasteiger partial charge in [0.2, 0.25) is 0 Å². The largest absolute Gasteiger partial charge is 0.378 e. The minimum Gasteiger partial charge on any atom is -0.378 e. The Morgan fingerprint density at radius 2 is 1.56 bits per heavy atom. The first-order chi connectivity index (χ1) is 8.40. The lowest BCUT2D eigenvalue weighted by molar-refractivity contribution is -0.0394. The summed E-state index contributed by atoms with van der Waals surface area (Å²) in [4.78, 5) is 2.66. The summed E-state index contributed by atoms with van der Waals surface area (Å²) in [7, 11) is 0. The van der Waals surface area contributed by atoms with Crippen molar-refractivity contribution in [1.29, 1.82) is 0 Å². The Bertz CT molecular complexity index is 215. The van der Waals surface area contributed by atoms with E-state index in [0.29, 0.717) is 18.2 Å². The van der Waals surface area contributed by atoms with Gasteiger partial charge in [-0.2, -0.15) is 0 Å². The molecule has 1 aliphatic rings. The molecule has 0 saturated carbocycles. The van der Waals surface area contributed by atoms with E-state index in [1.807, 2.05) is 0 Å². The molecule has 0 spiro atoms. The van der Waals surface area contributed by atoms with Crippen molar-refractivity contribution in [2.24, 2.45) is 11.8 Å². The zero-order valence-electron chi connectivity index (χ0n) is 13.3. The molecule has 2 nitrogen and oxygen atoms in total. The average molecular weight is 255 g/mol. The Kier molecular flexibility index (Phi) is 6.65. The van der Waals surface area contributed by atoms with Crippen LogP contribution < -0.4 is 0 Å². The molecule has 3 atom stereocenters. The molecular formula is C16H33NO. The minimum absolute atomic E-state index is 0.483. The lowest BCUT2D eigenvalue weighted by Gasteiger charge is -2.43. The number of likely N-dealkylation sites (tertiary alicyclic amines) is 1. The molecule has 0 aromatic rings. The molecule has 1 saturated heterocycles. The van der Waals surface area contributed by atoms with Crippen LogP contribution >= 0.6 is 0 Å². The molecule has 1 heterocycles. The summed E-state index contributed by atoms with van der Waals surface area (Å²) >= 11 is 0. The average Bonchev–Trinajstić information content (AvgIpc) is 2.22. The van der Waals surface area contributed by atoms with Crippen molar-refractivity contribution in [3.63, 3.8) is 0 Å². The van der Waals surface area contributed by atoms with Crippen LogP contribution in [0.3, 0.4) is 0 Å². The zero-order chi connectivity index (χ0) is 13.7. The van der Waals surface area contributed by atoms with Gasteiger partial charge in [-0.3, -0.25) is 4.90 Å². The fourth-order valence-corrected chi connectivity index (χ4v) is 2.95. The summed E-state index contributed by atoms with van der Waals surface area (Å²) in [6, 6.07) is 1.33. The van der Waals surface area contributed by atoms with Gasteiger partial charge in [-0.25, -0.2) is 0 Å². The maximum absolute atomic E-state index is 6.06. The fourth-order valence-electron chi connectivity index (χ4n) is 2.95. The lowest BCUT2D eigenvalue weighted by Crippen LogP contribution is -2.50. The van der Waals surface area contributed by atoms with Crippen molar-refractivity contribution in [1.82, 2.24) is 4.90 Å². The van der Waals surface area contributed by atoms with E-state index in [0.717, 1.165) is 18.4 Å². The summed E-state index contributed by atoms with van der Waals surface area (Å²) in [5.74, 6) is 1.51. The van der Waals surface area contributed by atoms with Gasteiger partial charge in [-0.1, -0.05) is 27.7 Å². The van der Waals surface area contributed by atoms with Crippen molar-refractivity contribution >= 4 is 0 Å². The summed E-state index contributed by atoms with van der Waals surface area (Å²) in [6.07, 6.45) is 4.08. The van der Waals surface area contributed by atoms with Gasteiger partial charge in [0.05, 0.1) is 6.10 Å². The van der Waals surface area contributed by atoms with Gasteiger partial charge in [0.15, 0.2) is 0 Å². The van der Waals surface area contributed by atoms with Crippen LogP contribution in [0, 0.1) is 11.8 Å². The molecule has 1 unspecified atom stereocenters. The second kappa shape index (κ2) is 7.49. The van der Waals surface area contributed by atoms with E-state index in [1.54, 1.807) is 0 Å². The number of ether oxygens (including phenoxy) is 1. The van der Waals surface area contributed by atoms with Crippen molar-refractivity contribution in [3.05, 3.63) is 0 Å². The zero-order valence-corrected chi connectivity index (χ0v) is 13.3. The van der Waals surface area contributed by atoms with E-state index < -0.39 is 0 Å². The molecule has 1 aliphatic heterocycles. The van der Waals surface area contributed by atoms with Crippen LogP contribution in [0.15, 0.2) is 0 Å². The number of piperidine rings is 1. The van der Waals surface area contributed by atoms with E-state index >= 15 is 0 Å². The van der Waals surface area contributed by atoms with Gasteiger partial charge < -0.3 is 4.74 Å². The molecule has 0 amide bonds. The number of nitrogens with zero attached hydrogens (tertiary/aromatic N) is 1. The van der Waals surface area contributed by atoms with E-state index in [9.17, 15) is 0 Å². The van der Waals surface area contributed by atoms with Crippen LogP contribution in [0.5, 0.6) is 0 Å². The van der Waals surface area contributed by atoms with Crippen molar-refractivity contribution < 1.29 is 4.74 Å². The first kappa shape index (κ1) is 16.0. The Morgan fingerprint density at radius 1 is 1.00 bits per heavy atom. The molecule has 108 valence electrons. The smallest absolute Gasteiger partial charge is 0.0604 e. The summed E-state index contributed by atoms with van der Waals surface area (Å²) in [6.45, 7) is 16.0. The molecule has 18 heavy (non-hydrogen) atoms. The van der Waals surface area contributed by atoms with Gasteiger partial charge >= 0.3 is 0 Å². The highest BCUT2D eigenvalue weighted by molar-refractivity contribution is 4.85. The third-order valence-corrected chi connectivity index (χ3v) is 3.97. The number of hydrogen-bond acceptors (Lipinski definition) is 2. The highest BCUT2D eigenvalue weighted by atomic mass is 16.5. The van der Waals surface area contributed by atoms with E-state index in [-0.39, 0.29) is 0 Å².